The molecular formula is C9H6BrFN2O. The predicted octanol–water partition coefficient (Wildman–Crippen LogP) is 1.86. The lowest BCUT2D eigenvalue weighted by Gasteiger charge is -2.04. The van der Waals surface area contributed by atoms with Crippen molar-refractivity contribution in [3.05, 3.63) is 29.1 Å². The number of rotatable bonds is 2. The summed E-state index contributed by atoms with van der Waals surface area (Å²) in [5.74, 6) is -1.22. The number of carbonyl (C=O) groups excluding carboxylic acids is 1. The van der Waals surface area contributed by atoms with E-state index < -0.39 is 11.6 Å². The molecule has 0 fully saturated rings. The number of Topliss-reactive ketones (excluding diaryl/α,β-unsaturated/α-hetero) is 1. The number of halogens is 2. The fourth-order valence-electron chi connectivity index (χ4n) is 1.05. The lowest BCUT2D eigenvalue weighted by atomic mass is 10.0. The minimum atomic E-state index is -0.722. The molecular weight excluding hydrogens is 251 g/mol. The molecule has 1 aromatic carbocycles. The summed E-state index contributed by atoms with van der Waals surface area (Å²) in [5, 5.41) is 8.66. The van der Waals surface area contributed by atoms with Crippen LogP contribution in [0.2, 0.25) is 0 Å². The molecule has 5 heteroatoms. The molecule has 0 aliphatic heterocycles. The van der Waals surface area contributed by atoms with Gasteiger partial charge in [0, 0.05) is 0 Å². The number of benzene rings is 1. The Kier molecular flexibility index (Phi) is 3.20. The van der Waals surface area contributed by atoms with E-state index in [1.165, 1.54) is 6.07 Å². The van der Waals surface area contributed by atoms with E-state index in [4.69, 9.17) is 11.0 Å². The van der Waals surface area contributed by atoms with Crippen molar-refractivity contribution in [2.45, 2.75) is 0 Å². The molecule has 0 atom stereocenters. The van der Waals surface area contributed by atoms with E-state index in [1.54, 1.807) is 6.07 Å². The number of nitriles is 1. The number of anilines is 1. The summed E-state index contributed by atoms with van der Waals surface area (Å²) in [4.78, 5) is 11.3. The highest BCUT2D eigenvalue weighted by molar-refractivity contribution is 9.09. The van der Waals surface area contributed by atoms with E-state index in [1.807, 2.05) is 0 Å². The first kappa shape index (κ1) is 10.7. The standard InChI is InChI=1S/C9H6BrFN2O/c10-3-8(14)9-5(4-12)7(13)2-1-6(9)11/h1-2H,3,13H2. The largest absolute Gasteiger partial charge is 0.398 e. The van der Waals surface area contributed by atoms with Crippen LogP contribution in [0.15, 0.2) is 12.1 Å². The molecule has 14 heavy (non-hydrogen) atoms. The second-order valence-electron chi connectivity index (χ2n) is 2.56. The molecule has 0 unspecified atom stereocenters. The molecule has 0 spiro atoms. The molecule has 0 saturated carbocycles. The smallest absolute Gasteiger partial charge is 0.177 e. The van der Waals surface area contributed by atoms with Crippen molar-refractivity contribution in [1.82, 2.24) is 0 Å². The van der Waals surface area contributed by atoms with Crippen LogP contribution >= 0.6 is 15.9 Å². The first-order valence-electron chi connectivity index (χ1n) is 3.69. The molecule has 0 aliphatic carbocycles. The van der Waals surface area contributed by atoms with Gasteiger partial charge in [-0.3, -0.25) is 4.79 Å². The van der Waals surface area contributed by atoms with Gasteiger partial charge < -0.3 is 5.73 Å². The average molecular weight is 257 g/mol. The molecule has 0 saturated heterocycles. The fraction of sp³-hybridized carbons (Fsp3) is 0.111. The minimum absolute atomic E-state index is 0.0396. The Labute approximate surface area is 88.5 Å². The second-order valence-corrected chi connectivity index (χ2v) is 3.12. The van der Waals surface area contributed by atoms with Crippen LogP contribution in [0.25, 0.3) is 0 Å². The molecule has 2 N–H and O–H groups in total. The molecule has 0 bridgehead atoms. The summed E-state index contributed by atoms with van der Waals surface area (Å²) in [6.45, 7) is 0. The van der Waals surface area contributed by atoms with Gasteiger partial charge in [-0.05, 0) is 12.1 Å². The Bertz CT molecular complexity index is 426. The quantitative estimate of drug-likeness (QED) is 0.499. The molecule has 0 amide bonds. The maximum atomic E-state index is 13.2. The lowest BCUT2D eigenvalue weighted by Crippen LogP contribution is -2.08. The number of hydrogen-bond donors (Lipinski definition) is 1. The van der Waals surface area contributed by atoms with Gasteiger partial charge in [0.2, 0.25) is 0 Å². The van der Waals surface area contributed by atoms with Gasteiger partial charge in [-0.15, -0.1) is 0 Å². The third-order valence-corrected chi connectivity index (χ3v) is 2.21. The number of nitrogen functional groups attached to an aromatic ring is 1. The van der Waals surface area contributed by atoms with E-state index in [0.717, 1.165) is 6.07 Å². The van der Waals surface area contributed by atoms with Crippen molar-refractivity contribution in [1.29, 1.82) is 5.26 Å². The highest BCUT2D eigenvalue weighted by Gasteiger charge is 2.17. The maximum absolute atomic E-state index is 13.2. The van der Waals surface area contributed by atoms with Gasteiger partial charge in [0.25, 0.3) is 0 Å². The maximum Gasteiger partial charge on any atom is 0.177 e. The van der Waals surface area contributed by atoms with E-state index in [0.29, 0.717) is 0 Å². The normalized spacial score (nSPS) is 9.50. The van der Waals surface area contributed by atoms with Gasteiger partial charge in [0.15, 0.2) is 5.78 Å². The molecule has 0 radical (unpaired) electrons. The third kappa shape index (κ3) is 1.75. The van der Waals surface area contributed by atoms with Gasteiger partial charge >= 0.3 is 0 Å². The number of carbonyl (C=O) groups is 1. The minimum Gasteiger partial charge on any atom is -0.398 e. The number of nitrogens with two attached hydrogens (primary N) is 1. The van der Waals surface area contributed by atoms with E-state index >= 15 is 0 Å². The Morgan fingerprint density at radius 2 is 2.29 bits per heavy atom. The number of ketones is 1. The summed E-state index contributed by atoms with van der Waals surface area (Å²) in [5.41, 5.74) is 5.20. The molecule has 1 rings (SSSR count). The summed E-state index contributed by atoms with van der Waals surface area (Å²) in [6, 6.07) is 4.05. The number of hydrogen-bond acceptors (Lipinski definition) is 3. The van der Waals surface area contributed by atoms with Crippen LogP contribution < -0.4 is 5.73 Å². The summed E-state index contributed by atoms with van der Waals surface area (Å²) >= 11 is 2.91. The Morgan fingerprint density at radius 1 is 1.64 bits per heavy atom. The van der Waals surface area contributed by atoms with Crippen molar-refractivity contribution < 1.29 is 9.18 Å². The highest BCUT2D eigenvalue weighted by Crippen LogP contribution is 2.20. The van der Waals surface area contributed by atoms with Crippen LogP contribution in [0.1, 0.15) is 15.9 Å². The topological polar surface area (TPSA) is 66.9 Å². The zero-order valence-electron chi connectivity index (χ0n) is 7.05. The molecule has 0 aliphatic rings. The van der Waals surface area contributed by atoms with Crippen LogP contribution in [0.5, 0.6) is 0 Å². The molecule has 0 aromatic heterocycles. The van der Waals surface area contributed by atoms with Crippen LogP contribution in [-0.4, -0.2) is 11.1 Å². The van der Waals surface area contributed by atoms with E-state index in [9.17, 15) is 9.18 Å². The third-order valence-electron chi connectivity index (χ3n) is 1.70. The van der Waals surface area contributed by atoms with Crippen molar-refractivity contribution in [2.24, 2.45) is 0 Å². The molecule has 72 valence electrons. The number of nitrogens with zero attached hydrogens (tertiary/aromatic N) is 1. The van der Waals surface area contributed by atoms with Gasteiger partial charge in [-0.2, -0.15) is 5.26 Å². The Hall–Kier alpha value is -1.41. The first-order valence-corrected chi connectivity index (χ1v) is 4.81. The summed E-state index contributed by atoms with van der Waals surface area (Å²) in [7, 11) is 0. The van der Waals surface area contributed by atoms with Crippen LogP contribution in [0.4, 0.5) is 10.1 Å². The SMILES string of the molecule is N#Cc1c(N)ccc(F)c1C(=O)CBr. The Morgan fingerprint density at radius 3 is 2.79 bits per heavy atom. The zero-order valence-corrected chi connectivity index (χ0v) is 8.64. The van der Waals surface area contributed by atoms with Crippen molar-refractivity contribution in [3.8, 4) is 6.07 Å². The summed E-state index contributed by atoms with van der Waals surface area (Å²) in [6.07, 6.45) is 0. The average Bonchev–Trinajstić information content (AvgIpc) is 2.19. The van der Waals surface area contributed by atoms with Crippen LogP contribution in [-0.2, 0) is 0 Å². The van der Waals surface area contributed by atoms with Gasteiger partial charge in [-0.25, -0.2) is 4.39 Å². The highest BCUT2D eigenvalue weighted by atomic mass is 79.9. The van der Waals surface area contributed by atoms with Crippen molar-refractivity contribution in [3.63, 3.8) is 0 Å². The Balaban J connectivity index is 3.47. The van der Waals surface area contributed by atoms with Gasteiger partial charge in [-0.1, -0.05) is 15.9 Å². The van der Waals surface area contributed by atoms with Crippen LogP contribution in [0.3, 0.4) is 0 Å². The summed E-state index contributed by atoms with van der Waals surface area (Å²) < 4.78 is 13.2. The predicted molar refractivity (Wildman–Crippen MR) is 53.7 cm³/mol. The fourth-order valence-corrected chi connectivity index (χ4v) is 1.33. The monoisotopic (exact) mass is 256 g/mol. The van der Waals surface area contributed by atoms with Crippen molar-refractivity contribution >= 4 is 27.4 Å². The second kappa shape index (κ2) is 4.20. The van der Waals surface area contributed by atoms with E-state index in [2.05, 4.69) is 15.9 Å². The zero-order chi connectivity index (χ0) is 10.7. The lowest BCUT2D eigenvalue weighted by molar-refractivity contribution is 0.102. The molecule has 3 nitrogen and oxygen atoms in total. The van der Waals surface area contributed by atoms with Crippen molar-refractivity contribution in [2.75, 3.05) is 11.1 Å². The first-order chi connectivity index (χ1) is 6.61. The molecule has 1 aromatic rings. The van der Waals surface area contributed by atoms with Gasteiger partial charge in [0.1, 0.15) is 11.9 Å². The van der Waals surface area contributed by atoms with E-state index in [-0.39, 0.29) is 22.1 Å². The number of alkyl halides is 1. The van der Waals surface area contributed by atoms with Crippen LogP contribution in [0, 0.1) is 17.1 Å². The molecule has 0 heterocycles. The van der Waals surface area contributed by atoms with Gasteiger partial charge in [0.05, 0.1) is 22.1 Å².